The van der Waals surface area contributed by atoms with Gasteiger partial charge >= 0.3 is 0 Å². The first-order valence-electron chi connectivity index (χ1n) is 8.17. The Bertz CT molecular complexity index is 456. The van der Waals surface area contributed by atoms with Crippen molar-refractivity contribution in [2.45, 2.75) is 52.9 Å². The summed E-state index contributed by atoms with van der Waals surface area (Å²) in [5.41, 5.74) is 1.19. The standard InChI is InChI=1S/C16H27IN4/c1-4-8-18-15-14(17)13(11-12(2)3)19-16(20-15)21-9-6-5-7-10-21/h12H,4-11H2,1-3H3,(H,18,19,20). The van der Waals surface area contributed by atoms with Gasteiger partial charge in [0.15, 0.2) is 0 Å². The Morgan fingerprint density at radius 2 is 1.90 bits per heavy atom. The zero-order chi connectivity index (χ0) is 15.2. The first-order valence-corrected chi connectivity index (χ1v) is 9.25. The molecule has 0 aromatic carbocycles. The maximum absolute atomic E-state index is 4.87. The maximum Gasteiger partial charge on any atom is 0.227 e. The molecule has 1 aromatic heterocycles. The molecule has 2 heterocycles. The van der Waals surface area contributed by atoms with Gasteiger partial charge in [0, 0.05) is 19.6 Å². The SMILES string of the molecule is CCCNc1nc(N2CCCCC2)nc(CC(C)C)c1I. The Morgan fingerprint density at radius 3 is 2.52 bits per heavy atom. The van der Waals surface area contributed by atoms with E-state index in [-0.39, 0.29) is 0 Å². The molecule has 5 heteroatoms. The van der Waals surface area contributed by atoms with Crippen LogP contribution >= 0.6 is 22.6 Å². The highest BCUT2D eigenvalue weighted by atomic mass is 127. The number of piperidine rings is 1. The van der Waals surface area contributed by atoms with Gasteiger partial charge in [0.2, 0.25) is 5.95 Å². The van der Waals surface area contributed by atoms with E-state index in [2.05, 4.69) is 53.6 Å². The minimum Gasteiger partial charge on any atom is -0.369 e. The molecule has 1 aromatic rings. The molecule has 0 spiro atoms. The summed E-state index contributed by atoms with van der Waals surface area (Å²) in [4.78, 5) is 12.0. The van der Waals surface area contributed by atoms with E-state index in [1.807, 2.05) is 0 Å². The molecule has 1 aliphatic rings. The molecule has 0 unspecified atom stereocenters. The summed E-state index contributed by atoms with van der Waals surface area (Å²) in [7, 11) is 0. The van der Waals surface area contributed by atoms with Gasteiger partial charge in [0.05, 0.1) is 9.26 Å². The van der Waals surface area contributed by atoms with Gasteiger partial charge in [0.1, 0.15) is 5.82 Å². The summed E-state index contributed by atoms with van der Waals surface area (Å²) in [5, 5.41) is 3.47. The molecule has 1 fully saturated rings. The molecule has 0 amide bonds. The predicted molar refractivity (Wildman–Crippen MR) is 98.1 cm³/mol. The van der Waals surface area contributed by atoms with Crippen LogP contribution in [-0.4, -0.2) is 29.6 Å². The topological polar surface area (TPSA) is 41.1 Å². The summed E-state index contributed by atoms with van der Waals surface area (Å²) >= 11 is 2.40. The zero-order valence-corrected chi connectivity index (χ0v) is 15.6. The highest BCUT2D eigenvalue weighted by Crippen LogP contribution is 2.26. The summed E-state index contributed by atoms with van der Waals surface area (Å²) in [6.07, 6.45) is 5.97. The van der Waals surface area contributed by atoms with Gasteiger partial charge in [-0.25, -0.2) is 4.98 Å². The molecule has 118 valence electrons. The zero-order valence-electron chi connectivity index (χ0n) is 13.5. The van der Waals surface area contributed by atoms with Gasteiger partial charge in [-0.2, -0.15) is 4.98 Å². The van der Waals surface area contributed by atoms with Gasteiger partial charge in [-0.15, -0.1) is 0 Å². The molecule has 1 aliphatic heterocycles. The van der Waals surface area contributed by atoms with Crippen LogP contribution in [0.2, 0.25) is 0 Å². The van der Waals surface area contributed by atoms with Gasteiger partial charge in [-0.05, 0) is 60.6 Å². The van der Waals surface area contributed by atoms with Crippen LogP contribution in [0.3, 0.4) is 0 Å². The lowest BCUT2D eigenvalue weighted by Gasteiger charge is -2.28. The van der Waals surface area contributed by atoms with Crippen molar-refractivity contribution in [1.29, 1.82) is 0 Å². The molecular formula is C16H27IN4. The van der Waals surface area contributed by atoms with E-state index in [0.717, 1.165) is 44.2 Å². The lowest BCUT2D eigenvalue weighted by atomic mass is 10.1. The number of rotatable bonds is 6. The van der Waals surface area contributed by atoms with E-state index in [9.17, 15) is 0 Å². The van der Waals surface area contributed by atoms with Crippen LogP contribution in [0.5, 0.6) is 0 Å². The second-order valence-electron chi connectivity index (χ2n) is 6.21. The van der Waals surface area contributed by atoms with Crippen molar-refractivity contribution >= 4 is 34.4 Å². The fraction of sp³-hybridized carbons (Fsp3) is 0.750. The van der Waals surface area contributed by atoms with Crippen LogP contribution < -0.4 is 10.2 Å². The smallest absolute Gasteiger partial charge is 0.227 e. The van der Waals surface area contributed by atoms with Crippen molar-refractivity contribution < 1.29 is 0 Å². The average Bonchev–Trinajstić information content (AvgIpc) is 2.48. The van der Waals surface area contributed by atoms with Crippen molar-refractivity contribution in [3.63, 3.8) is 0 Å². The number of hydrogen-bond acceptors (Lipinski definition) is 4. The van der Waals surface area contributed by atoms with Crippen LogP contribution in [0, 0.1) is 9.49 Å². The van der Waals surface area contributed by atoms with Crippen molar-refractivity contribution in [3.05, 3.63) is 9.26 Å². The number of halogens is 1. The van der Waals surface area contributed by atoms with Gasteiger partial charge in [-0.1, -0.05) is 20.8 Å². The van der Waals surface area contributed by atoms with Crippen molar-refractivity contribution in [2.75, 3.05) is 29.9 Å². The fourth-order valence-corrected chi connectivity index (χ4v) is 3.25. The Kier molecular flexibility index (Phi) is 6.51. The fourth-order valence-electron chi connectivity index (χ4n) is 2.60. The third-order valence-corrected chi connectivity index (χ3v) is 4.82. The van der Waals surface area contributed by atoms with E-state index >= 15 is 0 Å². The summed E-state index contributed by atoms with van der Waals surface area (Å²) < 4.78 is 1.19. The van der Waals surface area contributed by atoms with Crippen LogP contribution in [-0.2, 0) is 6.42 Å². The molecular weight excluding hydrogens is 375 g/mol. The van der Waals surface area contributed by atoms with Crippen molar-refractivity contribution in [3.8, 4) is 0 Å². The van der Waals surface area contributed by atoms with Crippen LogP contribution in [0.1, 0.15) is 52.1 Å². The Morgan fingerprint density at radius 1 is 1.19 bits per heavy atom. The van der Waals surface area contributed by atoms with Gasteiger partial charge in [-0.3, -0.25) is 0 Å². The quantitative estimate of drug-likeness (QED) is 0.728. The Balaban J connectivity index is 2.29. The monoisotopic (exact) mass is 402 g/mol. The van der Waals surface area contributed by atoms with E-state index in [4.69, 9.17) is 9.97 Å². The second-order valence-corrected chi connectivity index (χ2v) is 7.28. The van der Waals surface area contributed by atoms with Crippen LogP contribution in [0.25, 0.3) is 0 Å². The summed E-state index contributed by atoms with van der Waals surface area (Å²) in [6.45, 7) is 9.83. The van der Waals surface area contributed by atoms with E-state index in [0.29, 0.717) is 5.92 Å². The molecule has 1 saturated heterocycles. The Labute approximate surface area is 142 Å². The summed E-state index contributed by atoms with van der Waals surface area (Å²) in [6, 6.07) is 0. The van der Waals surface area contributed by atoms with E-state index < -0.39 is 0 Å². The number of nitrogens with zero attached hydrogens (tertiary/aromatic N) is 3. The number of anilines is 2. The third-order valence-electron chi connectivity index (χ3n) is 3.69. The number of hydrogen-bond donors (Lipinski definition) is 1. The largest absolute Gasteiger partial charge is 0.369 e. The van der Waals surface area contributed by atoms with Crippen LogP contribution in [0.4, 0.5) is 11.8 Å². The molecule has 0 bridgehead atoms. The lowest BCUT2D eigenvalue weighted by molar-refractivity contribution is 0.564. The highest BCUT2D eigenvalue weighted by molar-refractivity contribution is 14.1. The molecule has 0 radical (unpaired) electrons. The minimum absolute atomic E-state index is 0.613. The Hall–Kier alpha value is -0.590. The second kappa shape index (κ2) is 8.15. The van der Waals surface area contributed by atoms with Crippen LogP contribution in [0.15, 0.2) is 0 Å². The third kappa shape index (κ3) is 4.69. The molecule has 0 saturated carbocycles. The number of aromatic nitrogens is 2. The average molecular weight is 402 g/mol. The van der Waals surface area contributed by atoms with E-state index in [1.54, 1.807) is 0 Å². The first-order chi connectivity index (χ1) is 10.1. The van der Waals surface area contributed by atoms with Crippen molar-refractivity contribution in [1.82, 2.24) is 9.97 Å². The molecule has 0 atom stereocenters. The minimum atomic E-state index is 0.613. The lowest BCUT2D eigenvalue weighted by Crippen LogP contribution is -2.31. The first kappa shape index (κ1) is 16.8. The summed E-state index contributed by atoms with van der Waals surface area (Å²) in [5.74, 6) is 2.55. The van der Waals surface area contributed by atoms with Crippen molar-refractivity contribution in [2.24, 2.45) is 5.92 Å². The predicted octanol–water partition coefficient (Wildman–Crippen LogP) is 4.09. The highest BCUT2D eigenvalue weighted by Gasteiger charge is 2.18. The van der Waals surface area contributed by atoms with E-state index in [1.165, 1.54) is 28.5 Å². The molecule has 4 nitrogen and oxygen atoms in total. The molecule has 0 aliphatic carbocycles. The number of nitrogens with one attached hydrogen (secondary N) is 1. The molecule has 1 N–H and O–H groups in total. The maximum atomic E-state index is 4.87. The molecule has 21 heavy (non-hydrogen) atoms. The molecule has 2 rings (SSSR count). The normalized spacial score (nSPS) is 15.6. The van der Waals surface area contributed by atoms with Gasteiger partial charge in [0.25, 0.3) is 0 Å². The van der Waals surface area contributed by atoms with Gasteiger partial charge < -0.3 is 10.2 Å².